The Kier molecular flexibility index (Phi) is 3.89. The Bertz CT molecular complexity index is 427. The fourth-order valence-electron chi connectivity index (χ4n) is 2.69. The summed E-state index contributed by atoms with van der Waals surface area (Å²) in [7, 11) is -2.18. The summed E-state index contributed by atoms with van der Waals surface area (Å²) in [6, 6.07) is 8.07. The van der Waals surface area contributed by atoms with E-state index in [0.29, 0.717) is 5.66 Å². The molecule has 1 saturated carbocycles. The Labute approximate surface area is 104 Å². The second-order valence-electron chi connectivity index (χ2n) is 5.08. The Morgan fingerprint density at radius 3 is 2.29 bits per heavy atom. The molecule has 1 nitrogen and oxygen atoms in total. The Hall–Kier alpha value is -0.810. The highest BCUT2D eigenvalue weighted by atomic mass is 31.2. The first-order valence-electron chi connectivity index (χ1n) is 6.45. The Morgan fingerprint density at radius 2 is 1.76 bits per heavy atom. The second kappa shape index (κ2) is 5.23. The lowest BCUT2D eigenvalue weighted by molar-refractivity contribution is 0.488. The fourth-order valence-corrected chi connectivity index (χ4v) is 5.20. The molecule has 0 amide bonds. The summed E-state index contributed by atoms with van der Waals surface area (Å²) in [5.74, 6) is 0. The first-order chi connectivity index (χ1) is 8.14. The number of hydrogen-bond donors (Lipinski definition) is 0. The maximum atomic E-state index is 12.9. The van der Waals surface area contributed by atoms with Crippen molar-refractivity contribution in [2.75, 3.05) is 6.66 Å². The molecule has 0 spiro atoms. The van der Waals surface area contributed by atoms with Crippen LogP contribution in [0.5, 0.6) is 0 Å². The molecule has 0 N–H and O–H groups in total. The van der Waals surface area contributed by atoms with Gasteiger partial charge in [0.25, 0.3) is 0 Å². The molecule has 1 aromatic carbocycles. The molecule has 1 fully saturated rings. The number of hydrogen-bond acceptors (Lipinski definition) is 1. The van der Waals surface area contributed by atoms with Gasteiger partial charge in [-0.1, -0.05) is 56.2 Å². The zero-order chi connectivity index (χ0) is 12.3. The van der Waals surface area contributed by atoms with Crippen molar-refractivity contribution in [3.05, 3.63) is 36.4 Å². The SMILES string of the molecule is C=Cc1ccc(P(C)(=O)C2CCCCC2)cc1. The Balaban J connectivity index is 2.23. The van der Waals surface area contributed by atoms with Crippen molar-refractivity contribution >= 4 is 18.5 Å². The lowest BCUT2D eigenvalue weighted by atomic mass is 10.0. The minimum Gasteiger partial charge on any atom is -0.319 e. The highest BCUT2D eigenvalue weighted by Gasteiger charge is 2.30. The van der Waals surface area contributed by atoms with Gasteiger partial charge >= 0.3 is 0 Å². The summed E-state index contributed by atoms with van der Waals surface area (Å²) >= 11 is 0. The van der Waals surface area contributed by atoms with Crippen molar-refractivity contribution < 1.29 is 4.57 Å². The molecule has 0 saturated heterocycles. The van der Waals surface area contributed by atoms with Gasteiger partial charge in [-0.3, -0.25) is 0 Å². The molecule has 92 valence electrons. The third-order valence-corrected chi connectivity index (χ3v) is 7.15. The van der Waals surface area contributed by atoms with Crippen LogP contribution >= 0.6 is 7.14 Å². The van der Waals surface area contributed by atoms with E-state index >= 15 is 0 Å². The largest absolute Gasteiger partial charge is 0.319 e. The van der Waals surface area contributed by atoms with Crippen molar-refractivity contribution in [2.45, 2.75) is 37.8 Å². The molecular formula is C15H21OP. The van der Waals surface area contributed by atoms with Gasteiger partial charge in [0.2, 0.25) is 0 Å². The van der Waals surface area contributed by atoms with E-state index in [0.717, 1.165) is 23.7 Å². The van der Waals surface area contributed by atoms with Crippen LogP contribution in [0.3, 0.4) is 0 Å². The van der Waals surface area contributed by atoms with Crippen molar-refractivity contribution in [3.8, 4) is 0 Å². The normalized spacial score (nSPS) is 20.8. The lowest BCUT2D eigenvalue weighted by Crippen LogP contribution is -2.19. The highest BCUT2D eigenvalue weighted by Crippen LogP contribution is 2.51. The zero-order valence-corrected chi connectivity index (χ0v) is 11.5. The zero-order valence-electron chi connectivity index (χ0n) is 10.6. The first kappa shape index (κ1) is 12.6. The van der Waals surface area contributed by atoms with Crippen LogP contribution in [0.25, 0.3) is 6.08 Å². The van der Waals surface area contributed by atoms with Crippen molar-refractivity contribution in [1.82, 2.24) is 0 Å². The van der Waals surface area contributed by atoms with Crippen molar-refractivity contribution in [2.24, 2.45) is 0 Å². The van der Waals surface area contributed by atoms with E-state index in [4.69, 9.17) is 0 Å². The topological polar surface area (TPSA) is 17.1 Å². The van der Waals surface area contributed by atoms with Crippen molar-refractivity contribution in [1.29, 1.82) is 0 Å². The van der Waals surface area contributed by atoms with Crippen molar-refractivity contribution in [3.63, 3.8) is 0 Å². The third-order valence-electron chi connectivity index (χ3n) is 3.91. The summed E-state index contributed by atoms with van der Waals surface area (Å²) in [4.78, 5) is 0. The van der Waals surface area contributed by atoms with Gasteiger partial charge < -0.3 is 4.57 Å². The second-order valence-corrected chi connectivity index (χ2v) is 8.30. The van der Waals surface area contributed by atoms with E-state index in [9.17, 15) is 4.57 Å². The van der Waals surface area contributed by atoms with Crippen LogP contribution in [0.2, 0.25) is 0 Å². The summed E-state index contributed by atoms with van der Waals surface area (Å²) < 4.78 is 12.9. The van der Waals surface area contributed by atoms with E-state index in [2.05, 4.69) is 6.58 Å². The highest BCUT2D eigenvalue weighted by molar-refractivity contribution is 7.71. The minimum absolute atomic E-state index is 0.408. The van der Waals surface area contributed by atoms with Gasteiger partial charge in [0.15, 0.2) is 0 Å². The maximum Gasteiger partial charge on any atom is 0.115 e. The van der Waals surface area contributed by atoms with Crippen LogP contribution in [0.15, 0.2) is 30.8 Å². The van der Waals surface area contributed by atoms with Gasteiger partial charge in [-0.05, 0) is 25.1 Å². The summed E-state index contributed by atoms with van der Waals surface area (Å²) in [5, 5.41) is 1.04. The van der Waals surface area contributed by atoms with Gasteiger partial charge in [-0.2, -0.15) is 0 Å². The maximum absolute atomic E-state index is 12.9. The van der Waals surface area contributed by atoms with Gasteiger partial charge in [0, 0.05) is 11.0 Å². The van der Waals surface area contributed by atoms with Crippen LogP contribution in [0.1, 0.15) is 37.7 Å². The van der Waals surface area contributed by atoms with Gasteiger partial charge in [-0.15, -0.1) is 0 Å². The van der Waals surface area contributed by atoms with Crippen LogP contribution in [0, 0.1) is 0 Å². The third kappa shape index (κ3) is 2.72. The van der Waals surface area contributed by atoms with Gasteiger partial charge in [0.05, 0.1) is 0 Å². The minimum atomic E-state index is -2.18. The molecule has 0 radical (unpaired) electrons. The molecule has 17 heavy (non-hydrogen) atoms. The molecule has 1 atom stereocenters. The van der Waals surface area contributed by atoms with E-state index in [1.54, 1.807) is 0 Å². The monoisotopic (exact) mass is 248 g/mol. The molecule has 1 aromatic rings. The number of rotatable bonds is 3. The Morgan fingerprint density at radius 1 is 1.18 bits per heavy atom. The molecule has 2 rings (SSSR count). The molecular weight excluding hydrogens is 227 g/mol. The quantitative estimate of drug-likeness (QED) is 0.730. The van der Waals surface area contributed by atoms with E-state index in [1.165, 1.54) is 19.3 Å². The molecule has 2 heteroatoms. The van der Waals surface area contributed by atoms with E-state index < -0.39 is 7.14 Å². The summed E-state index contributed by atoms with van der Waals surface area (Å²) in [6.45, 7) is 5.71. The number of benzene rings is 1. The van der Waals surface area contributed by atoms with Gasteiger partial charge in [-0.25, -0.2) is 0 Å². The van der Waals surface area contributed by atoms with Crippen LogP contribution in [-0.4, -0.2) is 12.3 Å². The molecule has 1 unspecified atom stereocenters. The smallest absolute Gasteiger partial charge is 0.115 e. The van der Waals surface area contributed by atoms with E-state index in [-0.39, 0.29) is 0 Å². The summed E-state index contributed by atoms with van der Waals surface area (Å²) in [5.41, 5.74) is 1.50. The molecule has 0 aromatic heterocycles. The molecule has 1 aliphatic carbocycles. The summed E-state index contributed by atoms with van der Waals surface area (Å²) in [6.07, 6.45) is 7.89. The van der Waals surface area contributed by atoms with E-state index in [1.807, 2.05) is 37.0 Å². The molecule has 0 aliphatic heterocycles. The molecule has 1 aliphatic rings. The predicted octanol–water partition coefficient (Wildman–Crippen LogP) is 4.28. The van der Waals surface area contributed by atoms with Crippen LogP contribution < -0.4 is 5.30 Å². The predicted molar refractivity (Wildman–Crippen MR) is 76.6 cm³/mol. The fraction of sp³-hybridized carbons (Fsp3) is 0.467. The van der Waals surface area contributed by atoms with Gasteiger partial charge in [0.1, 0.15) is 7.14 Å². The first-order valence-corrected chi connectivity index (χ1v) is 8.67. The van der Waals surface area contributed by atoms with Crippen LogP contribution in [0.4, 0.5) is 0 Å². The standard InChI is InChI=1S/C15H21OP/c1-3-13-9-11-15(12-10-13)17(2,16)14-7-5-4-6-8-14/h3,9-12,14H,1,4-8H2,2H3. The average molecular weight is 248 g/mol. The lowest BCUT2D eigenvalue weighted by Gasteiger charge is -2.28. The molecule has 0 bridgehead atoms. The molecule has 0 heterocycles. The van der Waals surface area contributed by atoms with Crippen LogP contribution in [-0.2, 0) is 4.57 Å². The average Bonchev–Trinajstić information content (AvgIpc) is 2.40.